The van der Waals surface area contributed by atoms with Crippen molar-refractivity contribution in [3.8, 4) is 17.2 Å². The number of hydrogen-bond acceptors (Lipinski definition) is 3. The van der Waals surface area contributed by atoms with Gasteiger partial charge in [0.05, 0.1) is 19.5 Å². The van der Waals surface area contributed by atoms with Crippen molar-refractivity contribution < 1.29 is 9.47 Å². The highest BCUT2D eigenvalue weighted by Crippen LogP contribution is 2.29. The Bertz CT molecular complexity index is 398. The standard InChI is InChI=1S/C10H10N2O2/c1-13-9-4-2-3-5-10(9)14-8-6-11-12-7-8/h2-7H,1H3,(H,11,12). The molecule has 0 saturated carbocycles. The van der Waals surface area contributed by atoms with E-state index in [9.17, 15) is 0 Å². The van der Waals surface area contributed by atoms with Gasteiger partial charge in [-0.15, -0.1) is 0 Å². The highest BCUT2D eigenvalue weighted by Gasteiger charge is 2.03. The van der Waals surface area contributed by atoms with Crippen LogP contribution in [0.1, 0.15) is 0 Å². The van der Waals surface area contributed by atoms with Crippen LogP contribution in [0.25, 0.3) is 0 Å². The summed E-state index contributed by atoms with van der Waals surface area (Å²) in [6.45, 7) is 0. The third-order valence-corrected chi connectivity index (χ3v) is 1.77. The molecule has 0 aliphatic rings. The molecule has 2 aromatic rings. The van der Waals surface area contributed by atoms with Crippen LogP contribution >= 0.6 is 0 Å². The number of H-pyrrole nitrogens is 1. The Labute approximate surface area is 81.5 Å². The molecule has 0 bridgehead atoms. The van der Waals surface area contributed by atoms with Gasteiger partial charge in [-0.05, 0) is 12.1 Å². The Morgan fingerprint density at radius 2 is 2.00 bits per heavy atom. The van der Waals surface area contributed by atoms with Crippen LogP contribution in [0.5, 0.6) is 17.2 Å². The molecule has 0 radical (unpaired) electrons. The Balaban J connectivity index is 2.24. The molecule has 1 aromatic heterocycles. The molecule has 0 unspecified atom stereocenters. The van der Waals surface area contributed by atoms with Crippen molar-refractivity contribution in [2.75, 3.05) is 7.11 Å². The van der Waals surface area contributed by atoms with Crippen LogP contribution < -0.4 is 9.47 Å². The topological polar surface area (TPSA) is 47.1 Å². The van der Waals surface area contributed by atoms with Gasteiger partial charge in [-0.2, -0.15) is 5.10 Å². The van der Waals surface area contributed by atoms with Crippen molar-refractivity contribution in [2.45, 2.75) is 0 Å². The number of nitrogens with zero attached hydrogens (tertiary/aromatic N) is 1. The van der Waals surface area contributed by atoms with E-state index in [-0.39, 0.29) is 0 Å². The molecule has 1 heterocycles. The molecule has 1 aromatic carbocycles. The lowest BCUT2D eigenvalue weighted by Crippen LogP contribution is -1.88. The van der Waals surface area contributed by atoms with Gasteiger partial charge in [0.1, 0.15) is 0 Å². The van der Waals surface area contributed by atoms with E-state index in [1.165, 1.54) is 0 Å². The summed E-state index contributed by atoms with van der Waals surface area (Å²) in [6.07, 6.45) is 3.28. The number of aromatic nitrogens is 2. The number of methoxy groups -OCH3 is 1. The molecule has 14 heavy (non-hydrogen) atoms. The predicted octanol–water partition coefficient (Wildman–Crippen LogP) is 2.21. The third-order valence-electron chi connectivity index (χ3n) is 1.77. The number of nitrogens with one attached hydrogen (secondary N) is 1. The van der Waals surface area contributed by atoms with Gasteiger partial charge in [-0.3, -0.25) is 5.10 Å². The van der Waals surface area contributed by atoms with E-state index >= 15 is 0 Å². The summed E-state index contributed by atoms with van der Waals surface area (Å²) in [5.41, 5.74) is 0. The van der Waals surface area contributed by atoms with Crippen LogP contribution in [0.3, 0.4) is 0 Å². The minimum atomic E-state index is 0.662. The third kappa shape index (κ3) is 1.69. The summed E-state index contributed by atoms with van der Waals surface area (Å²) in [7, 11) is 1.61. The lowest BCUT2D eigenvalue weighted by molar-refractivity contribution is 0.379. The molecule has 0 atom stereocenters. The predicted molar refractivity (Wildman–Crippen MR) is 51.7 cm³/mol. The van der Waals surface area contributed by atoms with Gasteiger partial charge in [0.15, 0.2) is 17.2 Å². The minimum absolute atomic E-state index is 0.662. The van der Waals surface area contributed by atoms with E-state index < -0.39 is 0 Å². The second-order valence-electron chi connectivity index (χ2n) is 2.69. The quantitative estimate of drug-likeness (QED) is 0.807. The van der Waals surface area contributed by atoms with E-state index in [0.29, 0.717) is 17.2 Å². The minimum Gasteiger partial charge on any atom is -0.493 e. The summed E-state index contributed by atoms with van der Waals surface area (Å²) < 4.78 is 10.7. The number of aromatic amines is 1. The monoisotopic (exact) mass is 190 g/mol. The highest BCUT2D eigenvalue weighted by molar-refractivity contribution is 5.41. The van der Waals surface area contributed by atoms with Gasteiger partial charge in [0, 0.05) is 0 Å². The molecule has 4 nitrogen and oxygen atoms in total. The lowest BCUT2D eigenvalue weighted by atomic mass is 10.3. The first-order valence-electron chi connectivity index (χ1n) is 4.20. The van der Waals surface area contributed by atoms with Crippen molar-refractivity contribution in [3.05, 3.63) is 36.7 Å². The van der Waals surface area contributed by atoms with E-state index in [2.05, 4.69) is 10.2 Å². The Hall–Kier alpha value is -1.97. The van der Waals surface area contributed by atoms with Gasteiger partial charge in [-0.25, -0.2) is 0 Å². The summed E-state index contributed by atoms with van der Waals surface area (Å²) in [5, 5.41) is 6.45. The molecule has 0 spiro atoms. The van der Waals surface area contributed by atoms with Crippen LogP contribution in [0.2, 0.25) is 0 Å². The Kier molecular flexibility index (Phi) is 2.36. The fraction of sp³-hybridized carbons (Fsp3) is 0.100. The first-order valence-corrected chi connectivity index (χ1v) is 4.20. The van der Waals surface area contributed by atoms with Gasteiger partial charge >= 0.3 is 0 Å². The van der Waals surface area contributed by atoms with Crippen LogP contribution in [0, 0.1) is 0 Å². The van der Waals surface area contributed by atoms with Crippen molar-refractivity contribution in [1.82, 2.24) is 10.2 Å². The van der Waals surface area contributed by atoms with Gasteiger partial charge in [-0.1, -0.05) is 12.1 Å². The molecule has 0 saturated heterocycles. The molecule has 0 amide bonds. The molecule has 0 aliphatic heterocycles. The summed E-state index contributed by atoms with van der Waals surface area (Å²) >= 11 is 0. The highest BCUT2D eigenvalue weighted by atomic mass is 16.5. The number of benzene rings is 1. The average molecular weight is 190 g/mol. The smallest absolute Gasteiger partial charge is 0.169 e. The fourth-order valence-electron chi connectivity index (χ4n) is 1.12. The molecule has 2 rings (SSSR count). The lowest BCUT2D eigenvalue weighted by Gasteiger charge is -2.07. The van der Waals surface area contributed by atoms with Crippen LogP contribution in [0.15, 0.2) is 36.7 Å². The van der Waals surface area contributed by atoms with Crippen LogP contribution in [-0.2, 0) is 0 Å². The largest absolute Gasteiger partial charge is 0.493 e. The molecule has 0 fully saturated rings. The Morgan fingerprint density at radius 3 is 2.64 bits per heavy atom. The summed E-state index contributed by atoms with van der Waals surface area (Å²) in [6, 6.07) is 7.46. The van der Waals surface area contributed by atoms with Gasteiger partial charge in [0.2, 0.25) is 0 Å². The zero-order valence-electron chi connectivity index (χ0n) is 7.73. The maximum absolute atomic E-state index is 5.52. The molecular weight excluding hydrogens is 180 g/mol. The van der Waals surface area contributed by atoms with Crippen molar-refractivity contribution >= 4 is 0 Å². The first kappa shape index (κ1) is 8.62. The van der Waals surface area contributed by atoms with Crippen molar-refractivity contribution in [2.24, 2.45) is 0 Å². The fourth-order valence-corrected chi connectivity index (χ4v) is 1.12. The molecule has 4 heteroatoms. The number of hydrogen-bond donors (Lipinski definition) is 1. The molecule has 72 valence electrons. The second kappa shape index (κ2) is 3.83. The number of para-hydroxylation sites is 2. The molecule has 0 aliphatic carbocycles. The molecule has 1 N–H and O–H groups in total. The summed E-state index contributed by atoms with van der Waals surface area (Å²) in [5.74, 6) is 2.04. The van der Waals surface area contributed by atoms with E-state index in [1.54, 1.807) is 19.5 Å². The first-order chi connectivity index (χ1) is 6.90. The number of rotatable bonds is 3. The maximum Gasteiger partial charge on any atom is 0.169 e. The maximum atomic E-state index is 5.52. The zero-order valence-corrected chi connectivity index (χ0v) is 7.73. The van der Waals surface area contributed by atoms with Crippen LogP contribution in [0.4, 0.5) is 0 Å². The van der Waals surface area contributed by atoms with E-state index in [1.807, 2.05) is 24.3 Å². The van der Waals surface area contributed by atoms with Gasteiger partial charge < -0.3 is 9.47 Å². The van der Waals surface area contributed by atoms with Crippen LogP contribution in [-0.4, -0.2) is 17.3 Å². The number of ether oxygens (including phenoxy) is 2. The van der Waals surface area contributed by atoms with E-state index in [4.69, 9.17) is 9.47 Å². The normalized spacial score (nSPS) is 9.79. The van der Waals surface area contributed by atoms with E-state index in [0.717, 1.165) is 0 Å². The zero-order chi connectivity index (χ0) is 9.80. The SMILES string of the molecule is COc1ccccc1Oc1cn[nH]c1. The second-order valence-corrected chi connectivity index (χ2v) is 2.69. The Morgan fingerprint density at radius 1 is 1.21 bits per heavy atom. The van der Waals surface area contributed by atoms with Crippen molar-refractivity contribution in [3.63, 3.8) is 0 Å². The van der Waals surface area contributed by atoms with Crippen molar-refractivity contribution in [1.29, 1.82) is 0 Å². The van der Waals surface area contributed by atoms with Gasteiger partial charge in [0.25, 0.3) is 0 Å². The summed E-state index contributed by atoms with van der Waals surface area (Å²) in [4.78, 5) is 0. The molecular formula is C10H10N2O2. The average Bonchev–Trinajstić information content (AvgIpc) is 2.71.